The van der Waals surface area contributed by atoms with Gasteiger partial charge in [0.2, 0.25) is 5.91 Å². The van der Waals surface area contributed by atoms with Gasteiger partial charge in [-0.3, -0.25) is 14.7 Å². The molecule has 0 atom stereocenters. The SMILES string of the molecule is CN(CCC(N)=O)c1nc(OCC23CCCN2CCC3)nc2c(F)c(C3=c4c(F)cccc4=CCC=C3)ncc12. The van der Waals surface area contributed by atoms with Crippen molar-refractivity contribution >= 4 is 34.3 Å². The summed E-state index contributed by atoms with van der Waals surface area (Å²) < 4.78 is 37.7. The first-order valence-corrected chi connectivity index (χ1v) is 13.8. The van der Waals surface area contributed by atoms with Gasteiger partial charge < -0.3 is 15.4 Å². The van der Waals surface area contributed by atoms with Gasteiger partial charge in [-0.15, -0.1) is 0 Å². The zero-order valence-electron chi connectivity index (χ0n) is 22.5. The second-order valence-corrected chi connectivity index (χ2v) is 10.8. The highest BCUT2D eigenvalue weighted by molar-refractivity contribution is 5.92. The van der Waals surface area contributed by atoms with Crippen LogP contribution in [0.3, 0.4) is 0 Å². The number of amides is 1. The Morgan fingerprint density at radius 3 is 2.77 bits per heavy atom. The van der Waals surface area contributed by atoms with Gasteiger partial charge >= 0.3 is 6.01 Å². The maximum atomic E-state index is 16.4. The van der Waals surface area contributed by atoms with Crippen LogP contribution in [-0.4, -0.2) is 64.6 Å². The first-order chi connectivity index (χ1) is 19.4. The van der Waals surface area contributed by atoms with Crippen molar-refractivity contribution < 1.29 is 18.3 Å². The summed E-state index contributed by atoms with van der Waals surface area (Å²) in [6, 6.07) is 4.86. The number of fused-ring (bicyclic) bond motifs is 3. The minimum Gasteiger partial charge on any atom is -0.461 e. The summed E-state index contributed by atoms with van der Waals surface area (Å²) in [5.74, 6) is -1.21. The van der Waals surface area contributed by atoms with Crippen molar-refractivity contribution in [3.63, 3.8) is 0 Å². The van der Waals surface area contributed by atoms with E-state index in [1.54, 1.807) is 30.2 Å². The summed E-state index contributed by atoms with van der Waals surface area (Å²) in [5.41, 5.74) is 5.70. The molecule has 3 aliphatic rings. The number of carbonyl (C=O) groups excluding carboxylic acids is 1. The molecular weight excluding hydrogens is 514 g/mol. The quantitative estimate of drug-likeness (QED) is 0.464. The topological polar surface area (TPSA) is 97.5 Å². The van der Waals surface area contributed by atoms with Gasteiger partial charge in [-0.05, 0) is 56.5 Å². The normalized spacial score (nSPS) is 17.8. The highest BCUT2D eigenvalue weighted by Crippen LogP contribution is 2.39. The number of nitrogens with zero attached hydrogens (tertiary/aromatic N) is 5. The van der Waals surface area contributed by atoms with Gasteiger partial charge in [0.1, 0.15) is 29.5 Å². The van der Waals surface area contributed by atoms with Crippen LogP contribution in [0.1, 0.15) is 44.2 Å². The van der Waals surface area contributed by atoms with Crippen molar-refractivity contribution in [1.82, 2.24) is 19.9 Å². The number of pyridine rings is 1. The molecule has 3 aromatic rings. The van der Waals surface area contributed by atoms with E-state index in [4.69, 9.17) is 10.5 Å². The molecule has 0 bridgehead atoms. The molecule has 1 amide bonds. The van der Waals surface area contributed by atoms with E-state index in [1.165, 1.54) is 12.3 Å². The number of primary amides is 1. The van der Waals surface area contributed by atoms with Gasteiger partial charge in [0.15, 0.2) is 5.82 Å². The van der Waals surface area contributed by atoms with Gasteiger partial charge in [0.05, 0.1) is 10.9 Å². The fourth-order valence-electron chi connectivity index (χ4n) is 6.27. The maximum absolute atomic E-state index is 16.4. The predicted octanol–water partition coefficient (Wildman–Crippen LogP) is 2.56. The van der Waals surface area contributed by atoms with Crippen LogP contribution in [0.15, 0.2) is 36.5 Å². The molecule has 2 aliphatic heterocycles. The van der Waals surface area contributed by atoms with E-state index in [2.05, 4.69) is 19.9 Å². The molecule has 0 spiro atoms. The number of hydrogen-bond acceptors (Lipinski definition) is 7. The number of nitrogens with two attached hydrogens (primary N) is 1. The number of carbonyl (C=O) groups is 1. The van der Waals surface area contributed by atoms with E-state index in [9.17, 15) is 4.79 Å². The molecule has 40 heavy (non-hydrogen) atoms. The summed E-state index contributed by atoms with van der Waals surface area (Å²) in [4.78, 5) is 29.2. The van der Waals surface area contributed by atoms with Crippen molar-refractivity contribution in [2.45, 2.75) is 44.1 Å². The molecule has 1 aromatic carbocycles. The molecule has 1 aliphatic carbocycles. The van der Waals surface area contributed by atoms with Crippen molar-refractivity contribution in [3.05, 3.63) is 64.3 Å². The average Bonchev–Trinajstić information content (AvgIpc) is 3.44. The van der Waals surface area contributed by atoms with Crippen LogP contribution in [0.2, 0.25) is 0 Å². The number of anilines is 1. The minimum atomic E-state index is -0.688. The number of halogens is 2. The summed E-state index contributed by atoms with van der Waals surface area (Å²) in [5, 5.41) is 1.34. The largest absolute Gasteiger partial charge is 0.461 e. The zero-order chi connectivity index (χ0) is 27.9. The lowest BCUT2D eigenvalue weighted by molar-refractivity contribution is -0.117. The molecule has 2 saturated heterocycles. The Hall–Kier alpha value is -3.92. The van der Waals surface area contributed by atoms with Crippen LogP contribution >= 0.6 is 0 Å². The minimum absolute atomic E-state index is 0.00264. The number of hydrogen-bond donors (Lipinski definition) is 1. The number of benzene rings is 1. The molecule has 2 N–H and O–H groups in total. The molecule has 4 heterocycles. The highest BCUT2D eigenvalue weighted by atomic mass is 19.1. The highest BCUT2D eigenvalue weighted by Gasteiger charge is 2.45. The Morgan fingerprint density at radius 1 is 1.20 bits per heavy atom. The summed E-state index contributed by atoms with van der Waals surface area (Å²) in [7, 11) is 1.75. The first-order valence-electron chi connectivity index (χ1n) is 13.8. The molecule has 0 unspecified atom stereocenters. The Labute approximate surface area is 230 Å². The molecule has 6 rings (SSSR count). The third-order valence-electron chi connectivity index (χ3n) is 8.31. The van der Waals surface area contributed by atoms with Crippen LogP contribution in [0.4, 0.5) is 14.6 Å². The molecule has 2 fully saturated rings. The molecule has 0 radical (unpaired) electrons. The van der Waals surface area contributed by atoms with Crippen LogP contribution < -0.4 is 25.8 Å². The van der Waals surface area contributed by atoms with Crippen molar-refractivity contribution in [2.75, 3.05) is 38.2 Å². The predicted molar refractivity (Wildman–Crippen MR) is 149 cm³/mol. The molecule has 2 aromatic heterocycles. The fraction of sp³-hybridized carbons (Fsp3) is 0.400. The smallest absolute Gasteiger partial charge is 0.319 e. The van der Waals surface area contributed by atoms with Crippen molar-refractivity contribution in [3.8, 4) is 6.01 Å². The Morgan fingerprint density at radius 2 is 2.00 bits per heavy atom. The molecule has 10 heteroatoms. The monoisotopic (exact) mass is 546 g/mol. The van der Waals surface area contributed by atoms with E-state index in [-0.39, 0.29) is 35.7 Å². The van der Waals surface area contributed by atoms with Gasteiger partial charge in [-0.25, -0.2) is 8.78 Å². The second-order valence-electron chi connectivity index (χ2n) is 10.8. The fourth-order valence-corrected chi connectivity index (χ4v) is 6.27. The van der Waals surface area contributed by atoms with E-state index in [0.29, 0.717) is 40.2 Å². The number of ether oxygens (including phenoxy) is 1. The van der Waals surface area contributed by atoms with E-state index < -0.39 is 17.5 Å². The third-order valence-corrected chi connectivity index (χ3v) is 8.31. The van der Waals surface area contributed by atoms with Gasteiger partial charge in [0, 0.05) is 37.0 Å². The van der Waals surface area contributed by atoms with Crippen LogP contribution in [-0.2, 0) is 4.79 Å². The molecular formula is C30H32F2N6O2. The Kier molecular flexibility index (Phi) is 6.95. The lowest BCUT2D eigenvalue weighted by Gasteiger charge is -2.31. The second kappa shape index (κ2) is 10.6. The first kappa shape index (κ1) is 26.3. The molecule has 208 valence electrons. The summed E-state index contributed by atoms with van der Waals surface area (Å²) in [6.45, 7) is 2.79. The average molecular weight is 547 g/mol. The van der Waals surface area contributed by atoms with Gasteiger partial charge in [-0.1, -0.05) is 30.4 Å². The van der Waals surface area contributed by atoms with Crippen LogP contribution in [0.25, 0.3) is 22.6 Å². The van der Waals surface area contributed by atoms with E-state index in [1.807, 2.05) is 12.2 Å². The van der Waals surface area contributed by atoms with Gasteiger partial charge in [0.25, 0.3) is 0 Å². The standard InChI is InChI=1S/C30H32F2N6O2/c1-37(16-11-23(33)39)28-21-17-34-26(20-9-3-2-7-19-8-4-10-22(31)24(19)20)25(32)27(21)35-29(36-28)40-18-30-12-5-14-38(30)15-6-13-30/h3-4,7-10,17H,2,5-6,11-16,18H2,1H3,(H2,33,39). The number of rotatable bonds is 8. The lowest BCUT2D eigenvalue weighted by Crippen LogP contribution is -2.43. The lowest BCUT2D eigenvalue weighted by atomic mass is 9.95. The van der Waals surface area contributed by atoms with Gasteiger partial charge in [-0.2, -0.15) is 9.97 Å². The van der Waals surface area contributed by atoms with Crippen LogP contribution in [0, 0.1) is 11.6 Å². The van der Waals surface area contributed by atoms with Crippen molar-refractivity contribution in [1.29, 1.82) is 0 Å². The zero-order valence-corrected chi connectivity index (χ0v) is 22.5. The summed E-state index contributed by atoms with van der Waals surface area (Å²) in [6.07, 6.45) is 12.0. The summed E-state index contributed by atoms with van der Waals surface area (Å²) >= 11 is 0. The Bertz CT molecular complexity index is 1630. The van der Waals surface area contributed by atoms with E-state index in [0.717, 1.165) is 38.8 Å². The van der Waals surface area contributed by atoms with Crippen molar-refractivity contribution in [2.24, 2.45) is 5.73 Å². The third kappa shape index (κ3) is 4.70. The Balaban J connectivity index is 1.48. The molecule has 0 saturated carbocycles. The molecule has 8 nitrogen and oxygen atoms in total. The maximum Gasteiger partial charge on any atom is 0.319 e. The van der Waals surface area contributed by atoms with Crippen LogP contribution in [0.5, 0.6) is 6.01 Å². The number of allylic oxidation sites excluding steroid dienone is 2. The number of aromatic nitrogens is 3. The van der Waals surface area contributed by atoms with E-state index >= 15 is 8.78 Å².